The molecule has 0 N–H and O–H groups in total. The summed E-state index contributed by atoms with van der Waals surface area (Å²) in [7, 11) is 1.89. The molecule has 0 aliphatic heterocycles. The van der Waals surface area contributed by atoms with Gasteiger partial charge in [0.05, 0.1) is 12.3 Å². The van der Waals surface area contributed by atoms with Gasteiger partial charge >= 0.3 is 0 Å². The molecule has 0 radical (unpaired) electrons. The smallest absolute Gasteiger partial charge is 0.125 e. The third-order valence-electron chi connectivity index (χ3n) is 3.09. The molecule has 0 fully saturated rings. The summed E-state index contributed by atoms with van der Waals surface area (Å²) in [5, 5.41) is 8.08. The van der Waals surface area contributed by atoms with Crippen LogP contribution in [0.4, 0.5) is 0 Å². The molecule has 0 bridgehead atoms. The maximum Gasteiger partial charge on any atom is 0.125 e. The van der Waals surface area contributed by atoms with Gasteiger partial charge in [0.2, 0.25) is 0 Å². The Kier molecular flexibility index (Phi) is 4.20. The number of ether oxygens (including phenoxy) is 1. The zero-order valence-corrected chi connectivity index (χ0v) is 12.1. The molecular formula is C15H21N3O. The van der Waals surface area contributed by atoms with E-state index in [0.29, 0.717) is 6.61 Å². The van der Waals surface area contributed by atoms with E-state index < -0.39 is 0 Å². The average Bonchev–Trinajstić information content (AvgIpc) is 2.76. The highest BCUT2D eigenvalue weighted by Gasteiger charge is 2.09. The molecule has 1 heterocycles. The molecule has 19 heavy (non-hydrogen) atoms. The van der Waals surface area contributed by atoms with Crippen LogP contribution in [-0.2, 0) is 19.9 Å². The Labute approximate surface area is 114 Å². The molecule has 0 unspecified atom stereocenters. The molecular weight excluding hydrogens is 238 g/mol. The third kappa shape index (κ3) is 3.34. The summed E-state index contributed by atoms with van der Waals surface area (Å²) >= 11 is 0. The zero-order valence-electron chi connectivity index (χ0n) is 12.1. The van der Waals surface area contributed by atoms with Crippen molar-refractivity contribution in [2.24, 2.45) is 7.05 Å². The van der Waals surface area contributed by atoms with Gasteiger partial charge in [-0.1, -0.05) is 22.9 Å². The predicted molar refractivity (Wildman–Crippen MR) is 75.5 cm³/mol. The second kappa shape index (κ2) is 5.87. The summed E-state index contributed by atoms with van der Waals surface area (Å²) in [6.45, 7) is 6.94. The van der Waals surface area contributed by atoms with Gasteiger partial charge in [-0.15, -0.1) is 5.10 Å². The van der Waals surface area contributed by atoms with Crippen LogP contribution >= 0.6 is 0 Å². The van der Waals surface area contributed by atoms with Gasteiger partial charge in [-0.25, -0.2) is 0 Å². The van der Waals surface area contributed by atoms with Gasteiger partial charge in [0.25, 0.3) is 0 Å². The maximum atomic E-state index is 5.78. The van der Waals surface area contributed by atoms with Crippen molar-refractivity contribution in [3.05, 3.63) is 40.7 Å². The van der Waals surface area contributed by atoms with Crippen LogP contribution in [-0.4, -0.2) is 21.6 Å². The highest BCUT2D eigenvalue weighted by Crippen LogP contribution is 2.26. The Hall–Kier alpha value is -1.84. The lowest BCUT2D eigenvalue weighted by Crippen LogP contribution is -2.02. The first kappa shape index (κ1) is 13.6. The average molecular weight is 259 g/mol. The molecule has 0 spiro atoms. The molecule has 1 aromatic carbocycles. The van der Waals surface area contributed by atoms with E-state index in [0.717, 1.165) is 24.3 Å². The van der Waals surface area contributed by atoms with E-state index in [-0.39, 0.29) is 0 Å². The van der Waals surface area contributed by atoms with Crippen molar-refractivity contribution in [2.75, 3.05) is 6.61 Å². The van der Waals surface area contributed by atoms with Crippen molar-refractivity contribution >= 4 is 0 Å². The quantitative estimate of drug-likeness (QED) is 0.828. The summed E-state index contributed by atoms with van der Waals surface area (Å²) in [6, 6.07) is 4.37. The first-order valence-corrected chi connectivity index (χ1v) is 6.68. The number of nitrogens with zero attached hydrogens (tertiary/aromatic N) is 3. The summed E-state index contributed by atoms with van der Waals surface area (Å²) in [4.78, 5) is 0. The van der Waals surface area contributed by atoms with Gasteiger partial charge < -0.3 is 4.74 Å². The molecule has 0 saturated heterocycles. The Morgan fingerprint density at radius 2 is 2.00 bits per heavy atom. The molecule has 0 aliphatic carbocycles. The Morgan fingerprint density at radius 1 is 1.21 bits per heavy atom. The molecule has 0 aliphatic rings. The number of hydrogen-bond donors (Lipinski definition) is 0. The second-order valence-electron chi connectivity index (χ2n) is 4.89. The minimum atomic E-state index is 0.696. The minimum absolute atomic E-state index is 0.696. The Bertz CT molecular complexity index is 561. The van der Waals surface area contributed by atoms with E-state index in [1.54, 1.807) is 4.68 Å². The molecule has 4 nitrogen and oxygen atoms in total. The standard InChI is InChI=1S/C15H21N3O/c1-5-19-15-12(3)8-11(2)9-13(15)6-7-14-10-18(4)17-16-14/h8-10H,5-7H2,1-4H3. The number of rotatable bonds is 5. The SMILES string of the molecule is CCOc1c(C)cc(C)cc1CCc1cn(C)nn1. The van der Waals surface area contributed by atoms with Crippen molar-refractivity contribution in [3.8, 4) is 5.75 Å². The van der Waals surface area contributed by atoms with Gasteiger partial charge in [-0.05, 0) is 44.7 Å². The van der Waals surface area contributed by atoms with Crippen LogP contribution in [0, 0.1) is 13.8 Å². The maximum absolute atomic E-state index is 5.78. The lowest BCUT2D eigenvalue weighted by atomic mass is 10.0. The van der Waals surface area contributed by atoms with E-state index in [9.17, 15) is 0 Å². The minimum Gasteiger partial charge on any atom is -0.493 e. The first-order chi connectivity index (χ1) is 9.10. The fourth-order valence-electron chi connectivity index (χ4n) is 2.35. The van der Waals surface area contributed by atoms with Crippen LogP contribution in [0.1, 0.15) is 29.3 Å². The lowest BCUT2D eigenvalue weighted by Gasteiger charge is -2.14. The van der Waals surface area contributed by atoms with E-state index >= 15 is 0 Å². The molecule has 102 valence electrons. The number of benzene rings is 1. The highest BCUT2D eigenvalue weighted by atomic mass is 16.5. The van der Waals surface area contributed by atoms with Crippen LogP contribution in [0.3, 0.4) is 0 Å². The van der Waals surface area contributed by atoms with Crippen LogP contribution in [0.2, 0.25) is 0 Å². The van der Waals surface area contributed by atoms with Crippen molar-refractivity contribution in [2.45, 2.75) is 33.6 Å². The topological polar surface area (TPSA) is 39.9 Å². The van der Waals surface area contributed by atoms with Gasteiger partial charge in [0.1, 0.15) is 5.75 Å². The van der Waals surface area contributed by atoms with E-state index in [2.05, 4.69) is 36.3 Å². The summed E-state index contributed by atoms with van der Waals surface area (Å²) < 4.78 is 7.51. The van der Waals surface area contributed by atoms with Gasteiger partial charge in [-0.2, -0.15) is 0 Å². The number of aryl methyl sites for hydroxylation is 5. The van der Waals surface area contributed by atoms with E-state index in [1.807, 2.05) is 20.2 Å². The zero-order chi connectivity index (χ0) is 13.8. The summed E-state index contributed by atoms with van der Waals surface area (Å²) in [5.41, 5.74) is 4.75. The van der Waals surface area contributed by atoms with Gasteiger partial charge in [0, 0.05) is 13.2 Å². The van der Waals surface area contributed by atoms with Crippen LogP contribution in [0.15, 0.2) is 18.3 Å². The van der Waals surface area contributed by atoms with Crippen molar-refractivity contribution in [1.82, 2.24) is 15.0 Å². The normalized spacial score (nSPS) is 10.7. The molecule has 2 rings (SSSR count). The molecule has 0 atom stereocenters. The van der Waals surface area contributed by atoms with Gasteiger partial charge in [0.15, 0.2) is 0 Å². The molecule has 0 saturated carbocycles. The van der Waals surface area contributed by atoms with Crippen molar-refractivity contribution in [1.29, 1.82) is 0 Å². The molecule has 2 aromatic rings. The van der Waals surface area contributed by atoms with Crippen LogP contribution < -0.4 is 4.74 Å². The largest absolute Gasteiger partial charge is 0.493 e. The lowest BCUT2D eigenvalue weighted by molar-refractivity contribution is 0.334. The van der Waals surface area contributed by atoms with Crippen molar-refractivity contribution in [3.63, 3.8) is 0 Å². The number of hydrogen-bond acceptors (Lipinski definition) is 3. The second-order valence-corrected chi connectivity index (χ2v) is 4.89. The van der Waals surface area contributed by atoms with E-state index in [1.165, 1.54) is 16.7 Å². The highest BCUT2D eigenvalue weighted by molar-refractivity contribution is 5.44. The van der Waals surface area contributed by atoms with Crippen LogP contribution in [0.5, 0.6) is 5.75 Å². The summed E-state index contributed by atoms with van der Waals surface area (Å²) in [5.74, 6) is 1.02. The fraction of sp³-hybridized carbons (Fsp3) is 0.467. The number of aromatic nitrogens is 3. The predicted octanol–water partition coefficient (Wildman–Crippen LogP) is 2.62. The van der Waals surface area contributed by atoms with Crippen LogP contribution in [0.25, 0.3) is 0 Å². The Balaban J connectivity index is 2.18. The third-order valence-corrected chi connectivity index (χ3v) is 3.09. The monoisotopic (exact) mass is 259 g/mol. The van der Waals surface area contributed by atoms with Crippen molar-refractivity contribution < 1.29 is 4.74 Å². The molecule has 0 amide bonds. The van der Waals surface area contributed by atoms with Gasteiger partial charge in [-0.3, -0.25) is 4.68 Å². The first-order valence-electron chi connectivity index (χ1n) is 6.68. The van der Waals surface area contributed by atoms with E-state index in [4.69, 9.17) is 4.74 Å². The molecule has 1 aromatic heterocycles. The fourth-order valence-corrected chi connectivity index (χ4v) is 2.35. The summed E-state index contributed by atoms with van der Waals surface area (Å²) in [6.07, 6.45) is 3.77. The molecule has 4 heteroatoms. The Morgan fingerprint density at radius 3 is 2.63 bits per heavy atom.